The summed E-state index contributed by atoms with van der Waals surface area (Å²) < 4.78 is 12.1. The molecule has 2 aromatic rings. The van der Waals surface area contributed by atoms with Crippen LogP contribution < -0.4 is 0 Å². The molecule has 1 aromatic carbocycles. The standard InChI is InChI=1S/C16H19BrN2O3/c1-10(2)21-16(20)19-7-5-11(6-8-19)15-18-13-9-12(17)3-4-14(13)22-15/h3-4,9-11H,5-8H2,1-2H3. The van der Waals surface area contributed by atoms with Crippen LogP contribution in [0.2, 0.25) is 0 Å². The van der Waals surface area contributed by atoms with Crippen molar-refractivity contribution in [3.8, 4) is 0 Å². The van der Waals surface area contributed by atoms with Crippen molar-refractivity contribution >= 4 is 33.1 Å². The summed E-state index contributed by atoms with van der Waals surface area (Å²) in [7, 11) is 0. The van der Waals surface area contributed by atoms with Crippen LogP contribution in [-0.2, 0) is 4.74 Å². The lowest BCUT2D eigenvalue weighted by atomic mass is 9.97. The van der Waals surface area contributed by atoms with Crippen molar-refractivity contribution in [1.29, 1.82) is 0 Å². The summed E-state index contributed by atoms with van der Waals surface area (Å²) in [6, 6.07) is 5.82. The Kier molecular flexibility index (Phi) is 4.38. The molecule has 0 N–H and O–H groups in total. The molecule has 0 bridgehead atoms. The van der Waals surface area contributed by atoms with E-state index in [1.807, 2.05) is 32.0 Å². The van der Waals surface area contributed by atoms with E-state index in [4.69, 9.17) is 9.15 Å². The molecule has 2 heterocycles. The SMILES string of the molecule is CC(C)OC(=O)N1CCC(c2nc3cc(Br)ccc3o2)CC1. The zero-order valence-electron chi connectivity index (χ0n) is 12.7. The number of nitrogens with zero attached hydrogens (tertiary/aromatic N) is 2. The molecular formula is C16H19BrN2O3. The zero-order chi connectivity index (χ0) is 15.7. The summed E-state index contributed by atoms with van der Waals surface area (Å²) in [6.45, 7) is 5.08. The Labute approximate surface area is 137 Å². The maximum absolute atomic E-state index is 11.9. The molecule has 1 amide bonds. The van der Waals surface area contributed by atoms with Crippen LogP contribution in [0, 0.1) is 0 Å². The minimum absolute atomic E-state index is 0.0827. The first-order valence-corrected chi connectivity index (χ1v) is 8.34. The van der Waals surface area contributed by atoms with E-state index < -0.39 is 0 Å². The Balaban J connectivity index is 1.66. The van der Waals surface area contributed by atoms with Gasteiger partial charge in [0.2, 0.25) is 0 Å². The van der Waals surface area contributed by atoms with Gasteiger partial charge >= 0.3 is 6.09 Å². The molecule has 3 rings (SSSR count). The lowest BCUT2D eigenvalue weighted by molar-refractivity contribution is 0.0681. The summed E-state index contributed by atoms with van der Waals surface area (Å²) in [5.41, 5.74) is 1.67. The highest BCUT2D eigenvalue weighted by molar-refractivity contribution is 9.10. The van der Waals surface area contributed by atoms with E-state index in [-0.39, 0.29) is 18.1 Å². The number of piperidine rings is 1. The van der Waals surface area contributed by atoms with Crippen molar-refractivity contribution in [2.45, 2.75) is 38.7 Å². The van der Waals surface area contributed by atoms with E-state index in [1.165, 1.54) is 0 Å². The van der Waals surface area contributed by atoms with Crippen molar-refractivity contribution in [2.75, 3.05) is 13.1 Å². The number of benzene rings is 1. The number of amides is 1. The van der Waals surface area contributed by atoms with E-state index in [2.05, 4.69) is 20.9 Å². The van der Waals surface area contributed by atoms with E-state index in [0.717, 1.165) is 34.3 Å². The normalized spacial score (nSPS) is 16.5. The van der Waals surface area contributed by atoms with Crippen molar-refractivity contribution in [1.82, 2.24) is 9.88 Å². The molecule has 0 radical (unpaired) electrons. The molecule has 0 spiro atoms. The molecule has 6 heteroatoms. The van der Waals surface area contributed by atoms with E-state index in [0.29, 0.717) is 13.1 Å². The maximum atomic E-state index is 11.9. The largest absolute Gasteiger partial charge is 0.447 e. The fourth-order valence-electron chi connectivity index (χ4n) is 2.68. The minimum Gasteiger partial charge on any atom is -0.447 e. The van der Waals surface area contributed by atoms with Gasteiger partial charge in [0, 0.05) is 23.5 Å². The topological polar surface area (TPSA) is 55.6 Å². The summed E-state index contributed by atoms with van der Waals surface area (Å²) in [4.78, 5) is 18.2. The lowest BCUT2D eigenvalue weighted by Gasteiger charge is -2.30. The van der Waals surface area contributed by atoms with Gasteiger partial charge in [-0.3, -0.25) is 0 Å². The van der Waals surface area contributed by atoms with Gasteiger partial charge in [-0.05, 0) is 44.9 Å². The third-order valence-electron chi connectivity index (χ3n) is 3.81. The predicted octanol–water partition coefficient (Wildman–Crippen LogP) is 4.31. The number of oxazole rings is 1. The second kappa shape index (κ2) is 6.28. The molecule has 22 heavy (non-hydrogen) atoms. The van der Waals surface area contributed by atoms with Crippen molar-refractivity contribution < 1.29 is 13.9 Å². The Morgan fingerprint density at radius 2 is 2.14 bits per heavy atom. The molecular weight excluding hydrogens is 348 g/mol. The third kappa shape index (κ3) is 3.27. The second-order valence-electron chi connectivity index (χ2n) is 5.86. The minimum atomic E-state index is -0.227. The molecule has 0 atom stereocenters. The summed E-state index contributed by atoms with van der Waals surface area (Å²) in [5.74, 6) is 1.03. The van der Waals surface area contributed by atoms with Crippen LogP contribution in [0.4, 0.5) is 4.79 Å². The molecule has 0 aliphatic carbocycles. The molecule has 118 valence electrons. The number of aromatic nitrogens is 1. The van der Waals surface area contributed by atoms with Crippen LogP contribution in [-0.4, -0.2) is 35.2 Å². The summed E-state index contributed by atoms with van der Waals surface area (Å²) in [5, 5.41) is 0. The fourth-order valence-corrected chi connectivity index (χ4v) is 3.03. The number of likely N-dealkylation sites (tertiary alicyclic amines) is 1. The Morgan fingerprint density at radius 3 is 2.82 bits per heavy atom. The molecule has 1 aliphatic heterocycles. The van der Waals surface area contributed by atoms with Crippen LogP contribution in [0.25, 0.3) is 11.1 Å². The number of fused-ring (bicyclic) bond motifs is 1. The number of carbonyl (C=O) groups excluding carboxylic acids is 1. The summed E-state index contributed by atoms with van der Waals surface area (Å²) in [6.07, 6.45) is 1.39. The van der Waals surface area contributed by atoms with Gasteiger partial charge in [-0.1, -0.05) is 15.9 Å². The van der Waals surface area contributed by atoms with Gasteiger partial charge in [-0.15, -0.1) is 0 Å². The number of hydrogen-bond acceptors (Lipinski definition) is 4. The second-order valence-corrected chi connectivity index (χ2v) is 6.77. The average Bonchev–Trinajstić information content (AvgIpc) is 2.89. The van der Waals surface area contributed by atoms with Gasteiger partial charge in [0.1, 0.15) is 5.52 Å². The first-order chi connectivity index (χ1) is 10.5. The van der Waals surface area contributed by atoms with Crippen LogP contribution in [0.1, 0.15) is 38.5 Å². The first kappa shape index (κ1) is 15.3. The number of hydrogen-bond donors (Lipinski definition) is 0. The number of ether oxygens (including phenoxy) is 1. The van der Waals surface area contributed by atoms with Gasteiger partial charge in [0.15, 0.2) is 11.5 Å². The number of carbonyl (C=O) groups is 1. The van der Waals surface area contributed by atoms with E-state index >= 15 is 0 Å². The van der Waals surface area contributed by atoms with Crippen LogP contribution in [0.3, 0.4) is 0 Å². The third-order valence-corrected chi connectivity index (χ3v) is 4.30. The van der Waals surface area contributed by atoms with E-state index in [9.17, 15) is 4.79 Å². The highest BCUT2D eigenvalue weighted by Gasteiger charge is 2.28. The molecule has 0 saturated carbocycles. The van der Waals surface area contributed by atoms with Crippen molar-refractivity contribution in [2.24, 2.45) is 0 Å². The van der Waals surface area contributed by atoms with E-state index in [1.54, 1.807) is 4.90 Å². The first-order valence-electron chi connectivity index (χ1n) is 7.54. The van der Waals surface area contributed by atoms with Crippen LogP contribution >= 0.6 is 15.9 Å². The van der Waals surface area contributed by atoms with Crippen LogP contribution in [0.15, 0.2) is 27.1 Å². The smallest absolute Gasteiger partial charge is 0.410 e. The maximum Gasteiger partial charge on any atom is 0.410 e. The van der Waals surface area contributed by atoms with Crippen molar-refractivity contribution in [3.05, 3.63) is 28.6 Å². The van der Waals surface area contributed by atoms with Gasteiger partial charge < -0.3 is 14.1 Å². The molecule has 1 saturated heterocycles. The Morgan fingerprint density at radius 1 is 1.41 bits per heavy atom. The van der Waals surface area contributed by atoms with Crippen molar-refractivity contribution in [3.63, 3.8) is 0 Å². The monoisotopic (exact) mass is 366 g/mol. The van der Waals surface area contributed by atoms with Gasteiger partial charge in [0.05, 0.1) is 6.10 Å². The van der Waals surface area contributed by atoms with Gasteiger partial charge in [0.25, 0.3) is 0 Å². The highest BCUT2D eigenvalue weighted by Crippen LogP contribution is 2.31. The van der Waals surface area contributed by atoms with Gasteiger partial charge in [-0.25, -0.2) is 9.78 Å². The number of rotatable bonds is 2. The predicted molar refractivity (Wildman–Crippen MR) is 86.9 cm³/mol. The Bertz CT molecular complexity index is 675. The molecule has 1 fully saturated rings. The summed E-state index contributed by atoms with van der Waals surface area (Å²) >= 11 is 3.44. The fraction of sp³-hybridized carbons (Fsp3) is 0.500. The average molecular weight is 367 g/mol. The highest BCUT2D eigenvalue weighted by atomic mass is 79.9. The van der Waals surface area contributed by atoms with Crippen LogP contribution in [0.5, 0.6) is 0 Å². The zero-order valence-corrected chi connectivity index (χ0v) is 14.3. The van der Waals surface area contributed by atoms with Gasteiger partial charge in [-0.2, -0.15) is 0 Å². The quantitative estimate of drug-likeness (QED) is 0.794. The Hall–Kier alpha value is -1.56. The molecule has 5 nitrogen and oxygen atoms in total. The number of halogens is 1. The molecule has 0 unspecified atom stereocenters. The molecule has 1 aromatic heterocycles. The lowest BCUT2D eigenvalue weighted by Crippen LogP contribution is -2.39. The molecule has 1 aliphatic rings.